The van der Waals surface area contributed by atoms with Crippen molar-refractivity contribution in [3.8, 4) is 17.6 Å². The molecule has 2 aliphatic heterocycles. The number of hydrogen-bond acceptors (Lipinski definition) is 6. The zero-order chi connectivity index (χ0) is 23.5. The van der Waals surface area contributed by atoms with Gasteiger partial charge in [0, 0.05) is 17.5 Å². The van der Waals surface area contributed by atoms with Crippen LogP contribution in [0.15, 0.2) is 66.6 Å². The highest BCUT2D eigenvalue weighted by Crippen LogP contribution is 2.48. The molecule has 0 radical (unpaired) electrons. The fourth-order valence-electron chi connectivity index (χ4n) is 4.36. The minimum atomic E-state index is -0.585. The zero-order valence-corrected chi connectivity index (χ0v) is 18.8. The quantitative estimate of drug-likeness (QED) is 0.675. The van der Waals surface area contributed by atoms with Crippen LogP contribution in [-0.2, 0) is 4.79 Å². The van der Waals surface area contributed by atoms with Gasteiger partial charge in [0.1, 0.15) is 17.3 Å². The summed E-state index contributed by atoms with van der Waals surface area (Å²) in [6, 6.07) is 13.7. The van der Waals surface area contributed by atoms with Crippen LogP contribution in [0, 0.1) is 31.1 Å². The van der Waals surface area contributed by atoms with Crippen molar-refractivity contribution in [3.63, 3.8) is 0 Å². The lowest BCUT2D eigenvalue weighted by Gasteiger charge is -2.28. The number of primary amides is 1. The number of hydrogen-bond donors (Lipinski definition) is 2. The number of carbonyl (C=O) groups excluding carboxylic acids is 1. The van der Waals surface area contributed by atoms with E-state index in [-0.39, 0.29) is 12.6 Å². The summed E-state index contributed by atoms with van der Waals surface area (Å²) in [6.07, 6.45) is 7.84. The molecule has 0 aliphatic carbocycles. The van der Waals surface area contributed by atoms with E-state index in [0.717, 1.165) is 28.2 Å². The fraction of sp³-hybridized carbons (Fsp3) is 0.231. The van der Waals surface area contributed by atoms with E-state index in [1.54, 1.807) is 19.2 Å². The molecule has 1 amide bonds. The average molecular weight is 443 g/mol. The first-order valence-electron chi connectivity index (χ1n) is 10.6. The number of fused-ring (bicyclic) bond motifs is 1. The molecule has 0 aromatic heterocycles. The molecule has 7 heteroatoms. The van der Waals surface area contributed by atoms with E-state index in [0.29, 0.717) is 17.1 Å². The van der Waals surface area contributed by atoms with Crippen molar-refractivity contribution in [2.45, 2.75) is 19.9 Å². The van der Waals surface area contributed by atoms with Gasteiger partial charge in [-0.25, -0.2) is 0 Å². The van der Waals surface area contributed by atoms with Crippen LogP contribution in [0.25, 0.3) is 5.57 Å². The molecule has 2 aromatic rings. The predicted octanol–water partition coefficient (Wildman–Crippen LogP) is 3.86. The minimum Gasteiger partial charge on any atom is -0.496 e. The van der Waals surface area contributed by atoms with Crippen LogP contribution in [0.2, 0.25) is 0 Å². The van der Waals surface area contributed by atoms with Gasteiger partial charge in [0.25, 0.3) is 5.91 Å². The van der Waals surface area contributed by atoms with Crippen molar-refractivity contribution in [1.82, 2.24) is 4.90 Å². The van der Waals surface area contributed by atoms with E-state index in [2.05, 4.69) is 16.3 Å². The van der Waals surface area contributed by atoms with Crippen LogP contribution in [-0.4, -0.2) is 30.6 Å². The molecule has 0 fully saturated rings. The Balaban J connectivity index is 1.96. The number of amides is 1. The van der Waals surface area contributed by atoms with E-state index in [9.17, 15) is 10.1 Å². The van der Waals surface area contributed by atoms with Gasteiger partial charge in [0.05, 0.1) is 30.7 Å². The molecular weight excluding hydrogens is 416 g/mol. The summed E-state index contributed by atoms with van der Waals surface area (Å²) in [6.45, 7) is 3.80. The number of anilines is 1. The molecule has 2 atom stereocenters. The Morgan fingerprint density at radius 3 is 2.52 bits per heavy atom. The standard InChI is InChI=1S/C26H26N4O3/c1-16-8-6-9-17(2)25(16)29-26-23(18(14-27)19-10-4-5-13-30(19)26)24-20(32-3)11-7-12-21(24)33-15-22(28)31/h4-13,18-19,29H,15H2,1-3H3,(H2,28,31). The number of nitrogens with zero attached hydrogens (tertiary/aromatic N) is 2. The summed E-state index contributed by atoms with van der Waals surface area (Å²) in [5.41, 5.74) is 9.82. The fourth-order valence-corrected chi connectivity index (χ4v) is 4.36. The van der Waals surface area contributed by atoms with Gasteiger partial charge in [0.15, 0.2) is 6.61 Å². The molecule has 4 rings (SSSR count). The SMILES string of the molecule is COc1cccc(OCC(N)=O)c1C1=C(Nc2c(C)cccc2C)N2C=CC=CC2C1C#N. The summed E-state index contributed by atoms with van der Waals surface area (Å²) in [4.78, 5) is 13.5. The van der Waals surface area contributed by atoms with E-state index in [1.165, 1.54) is 0 Å². The number of nitrogens with two attached hydrogens (primary N) is 1. The molecular formula is C26H26N4O3. The van der Waals surface area contributed by atoms with E-state index < -0.39 is 11.8 Å². The van der Waals surface area contributed by atoms with Crippen molar-refractivity contribution in [2.24, 2.45) is 11.7 Å². The number of methoxy groups -OCH3 is 1. The van der Waals surface area contributed by atoms with Gasteiger partial charge in [0.2, 0.25) is 0 Å². The summed E-state index contributed by atoms with van der Waals surface area (Å²) < 4.78 is 11.4. The number of nitriles is 1. The molecule has 2 unspecified atom stereocenters. The third-order valence-electron chi connectivity index (χ3n) is 5.86. The Bertz CT molecular complexity index is 1200. The van der Waals surface area contributed by atoms with Crippen molar-refractivity contribution in [2.75, 3.05) is 19.0 Å². The van der Waals surface area contributed by atoms with Crippen LogP contribution in [0.3, 0.4) is 0 Å². The van der Waals surface area contributed by atoms with Crippen molar-refractivity contribution in [1.29, 1.82) is 5.26 Å². The second-order valence-corrected chi connectivity index (χ2v) is 7.97. The minimum absolute atomic E-state index is 0.198. The van der Waals surface area contributed by atoms with E-state index >= 15 is 0 Å². The number of carbonyl (C=O) groups is 1. The first-order chi connectivity index (χ1) is 16.0. The highest BCUT2D eigenvalue weighted by Gasteiger charge is 2.42. The van der Waals surface area contributed by atoms with Crippen LogP contribution in [0.4, 0.5) is 5.69 Å². The Labute approximate surface area is 193 Å². The average Bonchev–Trinajstić information content (AvgIpc) is 3.12. The third kappa shape index (κ3) is 4.03. The molecule has 33 heavy (non-hydrogen) atoms. The van der Waals surface area contributed by atoms with Crippen LogP contribution >= 0.6 is 0 Å². The number of para-hydroxylation sites is 1. The number of ether oxygens (including phenoxy) is 2. The molecule has 2 aliphatic rings. The second-order valence-electron chi connectivity index (χ2n) is 7.97. The predicted molar refractivity (Wildman–Crippen MR) is 127 cm³/mol. The second kappa shape index (κ2) is 9.13. The van der Waals surface area contributed by atoms with Crippen molar-refractivity contribution >= 4 is 17.2 Å². The molecule has 3 N–H and O–H groups in total. The molecule has 0 saturated carbocycles. The summed E-state index contributed by atoms with van der Waals surface area (Å²) >= 11 is 0. The maximum Gasteiger partial charge on any atom is 0.255 e. The summed E-state index contributed by atoms with van der Waals surface area (Å²) in [5, 5.41) is 13.8. The van der Waals surface area contributed by atoms with Gasteiger partial charge in [-0.05, 0) is 43.2 Å². The van der Waals surface area contributed by atoms with Gasteiger partial charge >= 0.3 is 0 Å². The first-order valence-corrected chi connectivity index (χ1v) is 10.6. The number of allylic oxidation sites excluding steroid dienone is 2. The highest BCUT2D eigenvalue weighted by atomic mass is 16.5. The number of rotatable bonds is 7. The molecule has 2 aromatic carbocycles. The Kier molecular flexibility index (Phi) is 6.09. The normalized spacial score (nSPS) is 18.7. The maximum absolute atomic E-state index is 11.4. The number of nitrogens with one attached hydrogen (secondary N) is 1. The van der Waals surface area contributed by atoms with Gasteiger partial charge < -0.3 is 25.4 Å². The van der Waals surface area contributed by atoms with E-state index in [4.69, 9.17) is 15.2 Å². The molecule has 0 spiro atoms. The van der Waals surface area contributed by atoms with Crippen LogP contribution < -0.4 is 20.5 Å². The smallest absolute Gasteiger partial charge is 0.255 e. The Morgan fingerprint density at radius 2 is 1.85 bits per heavy atom. The van der Waals surface area contributed by atoms with Crippen molar-refractivity contribution in [3.05, 3.63) is 83.3 Å². The first kappa shape index (κ1) is 22.0. The summed E-state index contributed by atoms with van der Waals surface area (Å²) in [5.74, 6) is 0.638. The Hall–Kier alpha value is -4.18. The molecule has 0 bridgehead atoms. The van der Waals surface area contributed by atoms with Gasteiger partial charge in [-0.1, -0.05) is 36.4 Å². The Morgan fingerprint density at radius 1 is 1.15 bits per heavy atom. The molecule has 2 heterocycles. The molecule has 168 valence electrons. The largest absolute Gasteiger partial charge is 0.496 e. The van der Waals surface area contributed by atoms with Gasteiger partial charge in [-0.2, -0.15) is 5.26 Å². The van der Waals surface area contributed by atoms with Crippen LogP contribution in [0.1, 0.15) is 16.7 Å². The lowest BCUT2D eigenvalue weighted by atomic mass is 9.89. The monoisotopic (exact) mass is 442 g/mol. The highest BCUT2D eigenvalue weighted by molar-refractivity contribution is 5.85. The third-order valence-corrected chi connectivity index (χ3v) is 5.86. The van der Waals surface area contributed by atoms with Crippen LogP contribution in [0.5, 0.6) is 11.5 Å². The lowest BCUT2D eigenvalue weighted by Crippen LogP contribution is -2.31. The maximum atomic E-state index is 11.4. The van der Waals surface area contributed by atoms with Gasteiger partial charge in [-0.15, -0.1) is 0 Å². The number of aryl methyl sites for hydroxylation is 2. The van der Waals surface area contributed by atoms with Gasteiger partial charge in [-0.3, -0.25) is 4.79 Å². The molecule has 0 saturated heterocycles. The number of benzene rings is 2. The summed E-state index contributed by atoms with van der Waals surface area (Å²) in [7, 11) is 1.57. The molecule has 7 nitrogen and oxygen atoms in total. The van der Waals surface area contributed by atoms with Crippen molar-refractivity contribution < 1.29 is 14.3 Å². The lowest BCUT2D eigenvalue weighted by molar-refractivity contribution is -0.119. The topological polar surface area (TPSA) is 101 Å². The van der Waals surface area contributed by atoms with E-state index in [1.807, 2.05) is 62.5 Å². The zero-order valence-electron chi connectivity index (χ0n) is 18.8.